The number of halogens is 1. The van der Waals surface area contributed by atoms with Crippen LogP contribution in [0.1, 0.15) is 30.6 Å². The lowest BCUT2D eigenvalue weighted by Crippen LogP contribution is -2.53. The summed E-state index contributed by atoms with van der Waals surface area (Å²) < 4.78 is 0. The molecule has 0 unspecified atom stereocenters. The number of nitrogens with zero attached hydrogens (tertiary/aromatic N) is 5. The lowest BCUT2D eigenvalue weighted by Gasteiger charge is -2.37. The molecule has 7 nitrogen and oxygen atoms in total. The second-order valence-electron chi connectivity index (χ2n) is 10.3. The largest absolute Gasteiger partial charge is 0.352 e. The van der Waals surface area contributed by atoms with Gasteiger partial charge in [0.1, 0.15) is 6.54 Å². The number of hydrogen-bond donors (Lipinski definition) is 0. The van der Waals surface area contributed by atoms with E-state index in [0.717, 1.165) is 29.1 Å². The predicted octanol–water partition coefficient (Wildman–Crippen LogP) is 6.05. The van der Waals surface area contributed by atoms with Crippen molar-refractivity contribution in [2.75, 3.05) is 37.6 Å². The van der Waals surface area contributed by atoms with Crippen LogP contribution in [0.4, 0.5) is 5.82 Å². The Balaban J connectivity index is 1.18. The molecule has 1 atom stereocenters. The van der Waals surface area contributed by atoms with E-state index in [1.54, 1.807) is 29.2 Å². The van der Waals surface area contributed by atoms with Crippen LogP contribution < -0.4 is 4.90 Å². The number of aromatic nitrogens is 2. The molecule has 4 aromatic rings. The second-order valence-corrected chi connectivity index (χ2v) is 10.7. The SMILES string of the molecule is CC[C@@H](C)N(CC(=O)N1CCN(c2ccc(-c3ccc(-c4ccccc4)cc3)nn2)CC1)C(=O)c1ccccc1Cl. The molecule has 2 heterocycles. The summed E-state index contributed by atoms with van der Waals surface area (Å²) in [5.41, 5.74) is 4.58. The van der Waals surface area contributed by atoms with Gasteiger partial charge in [-0.25, -0.2) is 0 Å². The number of carbonyl (C=O) groups excluding carboxylic acids is 2. The van der Waals surface area contributed by atoms with Gasteiger partial charge in [-0.05, 0) is 48.7 Å². The Morgan fingerprint density at radius 2 is 1.44 bits per heavy atom. The van der Waals surface area contributed by atoms with Crippen molar-refractivity contribution < 1.29 is 9.59 Å². The van der Waals surface area contributed by atoms with Gasteiger partial charge in [-0.15, -0.1) is 10.2 Å². The van der Waals surface area contributed by atoms with Gasteiger partial charge in [0.25, 0.3) is 5.91 Å². The third-order valence-corrected chi connectivity index (χ3v) is 8.02. The van der Waals surface area contributed by atoms with Crippen molar-refractivity contribution in [1.29, 1.82) is 0 Å². The van der Waals surface area contributed by atoms with Gasteiger partial charge in [0.05, 0.1) is 16.3 Å². The van der Waals surface area contributed by atoms with E-state index in [4.69, 9.17) is 11.6 Å². The van der Waals surface area contributed by atoms with E-state index in [2.05, 4.69) is 51.5 Å². The van der Waals surface area contributed by atoms with E-state index < -0.39 is 0 Å². The van der Waals surface area contributed by atoms with Gasteiger partial charge < -0.3 is 14.7 Å². The molecule has 1 aromatic heterocycles. The van der Waals surface area contributed by atoms with Crippen LogP contribution in [0.2, 0.25) is 5.02 Å². The molecule has 1 aliphatic rings. The molecular formula is C33H34ClN5O2. The molecule has 8 heteroatoms. The van der Waals surface area contributed by atoms with Crippen molar-refractivity contribution >= 4 is 29.2 Å². The highest BCUT2D eigenvalue weighted by atomic mass is 35.5. The van der Waals surface area contributed by atoms with Gasteiger partial charge in [0.2, 0.25) is 5.91 Å². The maximum atomic E-state index is 13.3. The van der Waals surface area contributed by atoms with E-state index >= 15 is 0 Å². The summed E-state index contributed by atoms with van der Waals surface area (Å²) in [5, 5.41) is 9.35. The van der Waals surface area contributed by atoms with E-state index in [-0.39, 0.29) is 24.4 Å². The number of anilines is 1. The lowest BCUT2D eigenvalue weighted by atomic mass is 10.0. The highest BCUT2D eigenvalue weighted by molar-refractivity contribution is 6.33. The van der Waals surface area contributed by atoms with Crippen LogP contribution in [0.3, 0.4) is 0 Å². The Kier molecular flexibility index (Phi) is 8.95. The maximum Gasteiger partial charge on any atom is 0.256 e. The highest BCUT2D eigenvalue weighted by Gasteiger charge is 2.28. The van der Waals surface area contributed by atoms with Gasteiger partial charge >= 0.3 is 0 Å². The van der Waals surface area contributed by atoms with Crippen LogP contribution >= 0.6 is 11.6 Å². The second kappa shape index (κ2) is 13.0. The topological polar surface area (TPSA) is 69.6 Å². The molecule has 1 saturated heterocycles. The average molecular weight is 568 g/mol. The van der Waals surface area contributed by atoms with Crippen molar-refractivity contribution in [2.24, 2.45) is 0 Å². The smallest absolute Gasteiger partial charge is 0.256 e. The summed E-state index contributed by atoms with van der Waals surface area (Å²) in [7, 11) is 0. The Hall–Kier alpha value is -4.23. The number of hydrogen-bond acceptors (Lipinski definition) is 5. The summed E-state index contributed by atoms with van der Waals surface area (Å²) in [6.07, 6.45) is 0.739. The average Bonchev–Trinajstić information content (AvgIpc) is 3.04. The molecule has 0 radical (unpaired) electrons. The maximum absolute atomic E-state index is 13.3. The first-order valence-electron chi connectivity index (χ1n) is 14.0. The standard InChI is InChI=1S/C33H34ClN5O2/c1-3-24(2)39(33(41)28-11-7-8-12-29(28)34)23-32(40)38-21-19-37(20-22-38)31-18-17-30(35-36-31)27-15-13-26(14-16-27)25-9-5-4-6-10-25/h4-18,24H,3,19-23H2,1-2H3/t24-/m1/s1. The van der Waals surface area contributed by atoms with Gasteiger partial charge in [-0.3, -0.25) is 9.59 Å². The van der Waals surface area contributed by atoms with Gasteiger partial charge in [-0.1, -0.05) is 85.3 Å². The fourth-order valence-corrected chi connectivity index (χ4v) is 5.20. The number of carbonyl (C=O) groups is 2. The fourth-order valence-electron chi connectivity index (χ4n) is 4.98. The normalized spacial score (nSPS) is 14.0. The Morgan fingerprint density at radius 3 is 2.07 bits per heavy atom. The van der Waals surface area contributed by atoms with Crippen LogP contribution in [0.15, 0.2) is 91.0 Å². The van der Waals surface area contributed by atoms with E-state index in [0.29, 0.717) is 36.8 Å². The van der Waals surface area contributed by atoms with Crippen LogP contribution in [-0.2, 0) is 4.79 Å². The van der Waals surface area contributed by atoms with E-state index in [1.165, 1.54) is 5.56 Å². The monoisotopic (exact) mass is 567 g/mol. The fraction of sp³-hybridized carbons (Fsp3) is 0.273. The minimum atomic E-state index is -0.220. The third-order valence-electron chi connectivity index (χ3n) is 7.69. The van der Waals surface area contributed by atoms with Crippen molar-refractivity contribution in [3.63, 3.8) is 0 Å². The molecule has 1 aliphatic heterocycles. The molecule has 0 aliphatic carbocycles. The summed E-state index contributed by atoms with van der Waals surface area (Å²) in [5.74, 6) is 0.504. The molecule has 5 rings (SSSR count). The number of rotatable bonds is 8. The lowest BCUT2D eigenvalue weighted by molar-refractivity contribution is -0.132. The summed E-state index contributed by atoms with van der Waals surface area (Å²) in [6, 6.07) is 29.5. The van der Waals surface area contributed by atoms with Crippen LogP contribution in [-0.4, -0.2) is 70.6 Å². The first kappa shape index (κ1) is 28.3. The Labute approximate surface area is 246 Å². The zero-order valence-corrected chi connectivity index (χ0v) is 24.2. The molecule has 3 aromatic carbocycles. The molecule has 0 bridgehead atoms. The van der Waals surface area contributed by atoms with E-state index in [9.17, 15) is 9.59 Å². The minimum absolute atomic E-state index is 0.0244. The van der Waals surface area contributed by atoms with Crippen molar-refractivity contribution in [2.45, 2.75) is 26.3 Å². The molecule has 1 fully saturated rings. The molecule has 0 spiro atoms. The van der Waals surface area contributed by atoms with Crippen molar-refractivity contribution in [3.8, 4) is 22.4 Å². The Bertz CT molecular complexity index is 1470. The molecule has 210 valence electrons. The molecule has 2 amide bonds. The van der Waals surface area contributed by atoms with Crippen LogP contribution in [0.5, 0.6) is 0 Å². The zero-order chi connectivity index (χ0) is 28.8. The predicted molar refractivity (Wildman–Crippen MR) is 164 cm³/mol. The van der Waals surface area contributed by atoms with Crippen molar-refractivity contribution in [1.82, 2.24) is 20.0 Å². The molecule has 0 saturated carbocycles. The van der Waals surface area contributed by atoms with E-state index in [1.807, 2.05) is 49.1 Å². The summed E-state index contributed by atoms with van der Waals surface area (Å²) in [6.45, 7) is 6.39. The molecular weight excluding hydrogens is 534 g/mol. The third kappa shape index (κ3) is 6.57. The molecule has 41 heavy (non-hydrogen) atoms. The first-order chi connectivity index (χ1) is 19.9. The van der Waals surface area contributed by atoms with Gasteiger partial charge in [0.15, 0.2) is 5.82 Å². The minimum Gasteiger partial charge on any atom is -0.352 e. The quantitative estimate of drug-likeness (QED) is 0.259. The van der Waals surface area contributed by atoms with Crippen molar-refractivity contribution in [3.05, 3.63) is 102 Å². The van der Waals surface area contributed by atoms with Crippen LogP contribution in [0, 0.1) is 0 Å². The van der Waals surface area contributed by atoms with Gasteiger partial charge in [0, 0.05) is 37.8 Å². The summed E-state index contributed by atoms with van der Waals surface area (Å²) >= 11 is 6.29. The number of benzene rings is 3. The zero-order valence-electron chi connectivity index (χ0n) is 23.4. The number of amides is 2. The highest BCUT2D eigenvalue weighted by Crippen LogP contribution is 2.25. The van der Waals surface area contributed by atoms with Crippen LogP contribution in [0.25, 0.3) is 22.4 Å². The number of piperazine rings is 1. The Morgan fingerprint density at radius 1 is 0.805 bits per heavy atom. The first-order valence-corrected chi connectivity index (χ1v) is 14.4. The summed E-state index contributed by atoms with van der Waals surface area (Å²) in [4.78, 5) is 32.1. The van der Waals surface area contributed by atoms with Gasteiger partial charge in [-0.2, -0.15) is 0 Å². The molecule has 0 N–H and O–H groups in total.